The number of hydrogen-bond acceptors (Lipinski definition) is 2. The minimum Gasteiger partial charge on any atom is -0.351 e. The van der Waals surface area contributed by atoms with E-state index in [1.807, 2.05) is 35.6 Å². The highest BCUT2D eigenvalue weighted by atomic mass is 16.2. The first-order chi connectivity index (χ1) is 8.91. The van der Waals surface area contributed by atoms with Gasteiger partial charge in [-0.15, -0.1) is 0 Å². The second kappa shape index (κ2) is 6.89. The van der Waals surface area contributed by atoms with Crippen molar-refractivity contribution in [1.82, 2.24) is 5.32 Å². The maximum atomic E-state index is 11.7. The summed E-state index contributed by atoms with van der Waals surface area (Å²) in [6.07, 6.45) is 0. The van der Waals surface area contributed by atoms with Crippen molar-refractivity contribution in [3.8, 4) is 0 Å². The number of nitrogens with one attached hydrogen (secondary N) is 1. The highest BCUT2D eigenvalue weighted by molar-refractivity contribution is 5.95. The molecule has 2 atom stereocenters. The lowest BCUT2D eigenvalue weighted by atomic mass is 9.95. The van der Waals surface area contributed by atoms with E-state index in [0.29, 0.717) is 5.92 Å². The Balaban J connectivity index is 2.75. The van der Waals surface area contributed by atoms with Crippen LogP contribution in [0.5, 0.6) is 0 Å². The Morgan fingerprint density at radius 1 is 1.16 bits per heavy atom. The van der Waals surface area contributed by atoms with Gasteiger partial charge in [0, 0.05) is 11.5 Å². The van der Waals surface area contributed by atoms with E-state index in [1.54, 1.807) is 6.92 Å². The summed E-state index contributed by atoms with van der Waals surface area (Å²) in [5.74, 6) is 0.000286. The molecule has 0 aliphatic heterocycles. The summed E-state index contributed by atoms with van der Waals surface area (Å²) >= 11 is 0. The van der Waals surface area contributed by atoms with Gasteiger partial charge in [-0.25, -0.2) is 4.79 Å². The van der Waals surface area contributed by atoms with E-state index in [-0.39, 0.29) is 18.0 Å². The molecule has 0 radical (unpaired) electrons. The first-order valence-corrected chi connectivity index (χ1v) is 6.42. The van der Waals surface area contributed by atoms with Crippen molar-refractivity contribution in [2.75, 3.05) is 0 Å². The fraction of sp³-hybridized carbons (Fsp3) is 0.429. The molecule has 1 aromatic rings. The van der Waals surface area contributed by atoms with Gasteiger partial charge in [0.15, 0.2) is 6.04 Å². The summed E-state index contributed by atoms with van der Waals surface area (Å²) in [6, 6.07) is 8.98. The molecule has 5 N–H and O–H groups in total. The van der Waals surface area contributed by atoms with Gasteiger partial charge >= 0.3 is 6.03 Å². The van der Waals surface area contributed by atoms with Crippen LogP contribution in [0.25, 0.3) is 0 Å². The number of imide groups is 1. The van der Waals surface area contributed by atoms with Gasteiger partial charge in [0.1, 0.15) is 6.04 Å². The molecule has 0 unspecified atom stereocenters. The standard InChI is InChI=1S/C14H21N3O2/c1-9(2)12(11-7-5-4-6-8-11)16-10(3)13(18)17-14(15)19/h4-10,12,16H,1-3H3,(H3,15,17,18,19)/p+1/t10-,12+/m1/s1. The molecule has 104 valence electrons. The van der Waals surface area contributed by atoms with E-state index in [0.717, 1.165) is 5.56 Å². The van der Waals surface area contributed by atoms with Crippen LogP contribution < -0.4 is 16.4 Å². The van der Waals surface area contributed by atoms with Crippen molar-refractivity contribution < 1.29 is 14.9 Å². The van der Waals surface area contributed by atoms with Gasteiger partial charge < -0.3 is 11.1 Å². The molecule has 0 saturated heterocycles. The Bertz CT molecular complexity index is 432. The van der Waals surface area contributed by atoms with Gasteiger partial charge in [-0.05, 0) is 6.92 Å². The molecule has 0 heterocycles. The first-order valence-electron chi connectivity index (χ1n) is 6.42. The number of amides is 3. The van der Waals surface area contributed by atoms with Crippen LogP contribution in [0.15, 0.2) is 30.3 Å². The van der Waals surface area contributed by atoms with Crippen LogP contribution >= 0.6 is 0 Å². The Morgan fingerprint density at radius 2 is 1.74 bits per heavy atom. The Morgan fingerprint density at radius 3 is 2.21 bits per heavy atom. The van der Waals surface area contributed by atoms with E-state index in [4.69, 9.17) is 5.73 Å². The zero-order valence-corrected chi connectivity index (χ0v) is 11.6. The number of quaternary nitrogens is 1. The van der Waals surface area contributed by atoms with Crippen molar-refractivity contribution in [2.45, 2.75) is 32.9 Å². The number of primary amides is 1. The molecule has 0 aliphatic carbocycles. The third-order valence-electron chi connectivity index (χ3n) is 3.06. The highest BCUT2D eigenvalue weighted by Crippen LogP contribution is 2.17. The predicted molar refractivity (Wildman–Crippen MR) is 73.1 cm³/mol. The van der Waals surface area contributed by atoms with Crippen LogP contribution in [0, 0.1) is 5.92 Å². The first kappa shape index (κ1) is 15.2. The highest BCUT2D eigenvalue weighted by Gasteiger charge is 2.26. The smallest absolute Gasteiger partial charge is 0.319 e. The van der Waals surface area contributed by atoms with E-state index in [1.165, 1.54) is 0 Å². The molecule has 0 fully saturated rings. The molecule has 0 aromatic heterocycles. The van der Waals surface area contributed by atoms with E-state index < -0.39 is 6.03 Å². The van der Waals surface area contributed by atoms with E-state index >= 15 is 0 Å². The van der Waals surface area contributed by atoms with Gasteiger partial charge in [-0.1, -0.05) is 44.2 Å². The number of carbonyl (C=O) groups is 2. The zero-order chi connectivity index (χ0) is 14.4. The molecule has 1 rings (SSSR count). The van der Waals surface area contributed by atoms with Crippen LogP contribution in [-0.2, 0) is 4.79 Å². The van der Waals surface area contributed by atoms with Crippen LogP contribution in [0.1, 0.15) is 32.4 Å². The third kappa shape index (κ3) is 4.71. The molecule has 0 saturated carbocycles. The monoisotopic (exact) mass is 264 g/mol. The molecule has 19 heavy (non-hydrogen) atoms. The van der Waals surface area contributed by atoms with E-state index in [9.17, 15) is 9.59 Å². The average molecular weight is 264 g/mol. The normalized spacial score (nSPS) is 13.9. The molecular weight excluding hydrogens is 242 g/mol. The maximum Gasteiger partial charge on any atom is 0.319 e. The molecule has 5 heteroatoms. The van der Waals surface area contributed by atoms with Gasteiger partial charge in [-0.2, -0.15) is 0 Å². The second-order valence-electron chi connectivity index (χ2n) is 5.02. The Hall–Kier alpha value is -1.88. The predicted octanol–water partition coefficient (Wildman–Crippen LogP) is 0.531. The Labute approximate surface area is 113 Å². The second-order valence-corrected chi connectivity index (χ2v) is 5.02. The quantitative estimate of drug-likeness (QED) is 0.724. The number of carbonyl (C=O) groups excluding carboxylic acids is 2. The average Bonchev–Trinajstić information content (AvgIpc) is 2.35. The fourth-order valence-corrected chi connectivity index (χ4v) is 2.03. The number of urea groups is 1. The summed E-state index contributed by atoms with van der Waals surface area (Å²) in [4.78, 5) is 22.4. The summed E-state index contributed by atoms with van der Waals surface area (Å²) in [5, 5.41) is 4.06. The van der Waals surface area contributed by atoms with Crippen molar-refractivity contribution in [1.29, 1.82) is 0 Å². The molecule has 0 bridgehead atoms. The summed E-state index contributed by atoms with van der Waals surface area (Å²) in [5.41, 5.74) is 6.11. The van der Waals surface area contributed by atoms with Gasteiger partial charge in [0.2, 0.25) is 0 Å². The number of hydrogen-bond donors (Lipinski definition) is 3. The van der Waals surface area contributed by atoms with Gasteiger partial charge in [-0.3, -0.25) is 10.1 Å². The van der Waals surface area contributed by atoms with E-state index in [2.05, 4.69) is 19.2 Å². The van der Waals surface area contributed by atoms with Crippen LogP contribution in [0.4, 0.5) is 4.79 Å². The molecule has 0 aliphatic rings. The SMILES string of the molecule is CC(C)[C@H]([NH2+][C@H](C)C(=O)NC(N)=O)c1ccccc1. The van der Waals surface area contributed by atoms with Crippen LogP contribution in [0.3, 0.4) is 0 Å². The number of nitrogens with two attached hydrogens (primary N) is 2. The van der Waals surface area contributed by atoms with Gasteiger partial charge in [0.05, 0.1) is 0 Å². The maximum absolute atomic E-state index is 11.7. The Kier molecular flexibility index (Phi) is 5.51. The van der Waals surface area contributed by atoms with Crippen LogP contribution in [0.2, 0.25) is 0 Å². The van der Waals surface area contributed by atoms with Crippen molar-refractivity contribution in [2.24, 2.45) is 11.7 Å². The fourth-order valence-electron chi connectivity index (χ4n) is 2.03. The minimum absolute atomic E-state index is 0.162. The minimum atomic E-state index is -0.814. The molecule has 0 spiro atoms. The lowest BCUT2D eigenvalue weighted by molar-refractivity contribution is -0.719. The third-order valence-corrected chi connectivity index (χ3v) is 3.06. The molecule has 3 amide bonds. The topological polar surface area (TPSA) is 88.8 Å². The summed E-state index contributed by atoms with van der Waals surface area (Å²) in [7, 11) is 0. The van der Waals surface area contributed by atoms with Crippen molar-refractivity contribution in [3.05, 3.63) is 35.9 Å². The number of benzene rings is 1. The lowest BCUT2D eigenvalue weighted by Gasteiger charge is -2.22. The number of rotatable bonds is 5. The van der Waals surface area contributed by atoms with Gasteiger partial charge in [0.25, 0.3) is 5.91 Å². The largest absolute Gasteiger partial charge is 0.351 e. The van der Waals surface area contributed by atoms with Crippen molar-refractivity contribution >= 4 is 11.9 Å². The lowest BCUT2D eigenvalue weighted by Crippen LogP contribution is -2.93. The zero-order valence-electron chi connectivity index (χ0n) is 11.6. The summed E-state index contributed by atoms with van der Waals surface area (Å²) in [6.45, 7) is 5.97. The van der Waals surface area contributed by atoms with Crippen LogP contribution in [-0.4, -0.2) is 18.0 Å². The molecule has 1 aromatic carbocycles. The van der Waals surface area contributed by atoms with Crippen molar-refractivity contribution in [3.63, 3.8) is 0 Å². The molecular formula is C14H22N3O2+. The molecule has 5 nitrogen and oxygen atoms in total. The summed E-state index contributed by atoms with van der Waals surface area (Å²) < 4.78 is 0.